The van der Waals surface area contributed by atoms with Crippen LogP contribution in [0, 0.1) is 0 Å². The summed E-state index contributed by atoms with van der Waals surface area (Å²) >= 11 is 1.46. The lowest BCUT2D eigenvalue weighted by Crippen LogP contribution is -2.29. The molecule has 2 aliphatic rings. The fourth-order valence-electron chi connectivity index (χ4n) is 3.60. The Labute approximate surface area is 161 Å². The van der Waals surface area contributed by atoms with Crippen molar-refractivity contribution in [1.82, 2.24) is 0 Å². The van der Waals surface area contributed by atoms with Gasteiger partial charge in [0.2, 0.25) is 0 Å². The van der Waals surface area contributed by atoms with Crippen LogP contribution < -0.4 is 10.8 Å². The monoisotopic (exact) mass is 385 g/mol. The Kier molecular flexibility index (Phi) is 5.03. The van der Waals surface area contributed by atoms with Gasteiger partial charge in [-0.1, -0.05) is 6.07 Å². The van der Waals surface area contributed by atoms with E-state index in [4.69, 9.17) is 9.39 Å². The molecule has 0 spiro atoms. The van der Waals surface area contributed by atoms with Crippen molar-refractivity contribution in [2.75, 3.05) is 11.9 Å². The van der Waals surface area contributed by atoms with E-state index in [1.807, 2.05) is 0 Å². The minimum atomic E-state index is -1.00. The maximum atomic E-state index is 12.8. The molecule has 0 fully saturated rings. The summed E-state index contributed by atoms with van der Waals surface area (Å²) < 4.78 is 10.4. The van der Waals surface area contributed by atoms with E-state index in [0.29, 0.717) is 34.8 Å². The smallest absolute Gasteiger partial charge is 0.462 e. The first-order chi connectivity index (χ1) is 13.1. The molecule has 0 radical (unpaired) electrons. The van der Waals surface area contributed by atoms with Crippen molar-refractivity contribution in [2.45, 2.75) is 39.2 Å². The molecule has 8 heteroatoms. The number of thiophene rings is 1. The van der Waals surface area contributed by atoms with Crippen LogP contribution >= 0.6 is 11.3 Å². The molecule has 1 amide bonds. The summed E-state index contributed by atoms with van der Waals surface area (Å²) in [6, 6.07) is 5.12. The fourth-order valence-corrected chi connectivity index (χ4v) is 4.88. The number of anilines is 1. The quantitative estimate of drug-likeness (QED) is 0.623. The van der Waals surface area contributed by atoms with E-state index in [-0.39, 0.29) is 11.9 Å². The highest BCUT2D eigenvalue weighted by atomic mass is 32.1. The maximum Gasteiger partial charge on any atom is 0.491 e. The highest BCUT2D eigenvalue weighted by Gasteiger charge is 2.30. The molecule has 0 unspecified atom stereocenters. The van der Waals surface area contributed by atoms with Crippen LogP contribution in [0.3, 0.4) is 0 Å². The normalized spacial score (nSPS) is 15.3. The summed E-state index contributed by atoms with van der Waals surface area (Å²) in [5, 5.41) is 13.3. The fraction of sp³-hybridized carbons (Fsp3) is 0.368. The van der Waals surface area contributed by atoms with E-state index in [0.717, 1.165) is 41.7 Å². The number of esters is 1. The van der Waals surface area contributed by atoms with Crippen molar-refractivity contribution in [3.8, 4) is 0 Å². The standard InChI is InChI=1S/C19H20BNO5S/c1-2-25-19(23)16-13-5-3-4-6-15(13)27-18(16)21-17(22)11-7-8-12-10-26-20(24)14(12)9-11/h7-9,24H,2-6,10H2,1H3,(H,21,22). The summed E-state index contributed by atoms with van der Waals surface area (Å²) in [5.41, 5.74) is 3.41. The highest BCUT2D eigenvalue weighted by molar-refractivity contribution is 7.17. The molecule has 0 bridgehead atoms. The lowest BCUT2D eigenvalue weighted by atomic mass is 9.79. The molecule has 1 aromatic heterocycles. The van der Waals surface area contributed by atoms with Gasteiger partial charge in [0, 0.05) is 10.4 Å². The van der Waals surface area contributed by atoms with E-state index in [1.54, 1.807) is 25.1 Å². The zero-order valence-corrected chi connectivity index (χ0v) is 15.9. The van der Waals surface area contributed by atoms with Crippen molar-refractivity contribution in [1.29, 1.82) is 0 Å². The Morgan fingerprint density at radius 2 is 2.15 bits per heavy atom. The van der Waals surface area contributed by atoms with Gasteiger partial charge in [0.1, 0.15) is 5.00 Å². The minimum absolute atomic E-state index is 0.291. The molecular formula is C19H20BNO5S. The molecule has 2 N–H and O–H groups in total. The molecular weight excluding hydrogens is 365 g/mol. The second-order valence-corrected chi connectivity index (χ2v) is 7.77. The molecule has 1 aromatic carbocycles. The van der Waals surface area contributed by atoms with Crippen LogP contribution in [0.4, 0.5) is 5.00 Å². The van der Waals surface area contributed by atoms with Gasteiger partial charge in [0.15, 0.2) is 0 Å². The highest BCUT2D eigenvalue weighted by Crippen LogP contribution is 2.38. The number of nitrogens with one attached hydrogen (secondary N) is 1. The van der Waals surface area contributed by atoms with Crippen LogP contribution in [0.15, 0.2) is 18.2 Å². The van der Waals surface area contributed by atoms with Crippen molar-refractivity contribution in [2.24, 2.45) is 0 Å². The van der Waals surface area contributed by atoms with Crippen LogP contribution in [0.5, 0.6) is 0 Å². The lowest BCUT2D eigenvalue weighted by Gasteiger charge is -2.12. The Morgan fingerprint density at radius 1 is 1.33 bits per heavy atom. The molecule has 27 heavy (non-hydrogen) atoms. The average molecular weight is 385 g/mol. The number of benzene rings is 1. The summed E-state index contributed by atoms with van der Waals surface area (Å²) in [5.74, 6) is -0.703. The Balaban J connectivity index is 1.64. The number of aryl methyl sites for hydroxylation is 1. The molecule has 2 heterocycles. The van der Waals surface area contributed by atoms with Crippen LogP contribution in [0.25, 0.3) is 0 Å². The third-order valence-electron chi connectivity index (χ3n) is 4.95. The molecule has 0 saturated carbocycles. The lowest BCUT2D eigenvalue weighted by molar-refractivity contribution is 0.0526. The first-order valence-corrected chi connectivity index (χ1v) is 9.95. The maximum absolute atomic E-state index is 12.8. The van der Waals surface area contributed by atoms with Crippen LogP contribution in [-0.4, -0.2) is 30.6 Å². The zero-order chi connectivity index (χ0) is 19.0. The van der Waals surface area contributed by atoms with Gasteiger partial charge in [-0.25, -0.2) is 4.79 Å². The van der Waals surface area contributed by atoms with E-state index in [9.17, 15) is 14.6 Å². The van der Waals surface area contributed by atoms with E-state index in [1.165, 1.54) is 11.3 Å². The van der Waals surface area contributed by atoms with Gasteiger partial charge in [0.05, 0.1) is 18.8 Å². The summed E-state index contributed by atoms with van der Waals surface area (Å²) in [6.45, 7) is 2.40. The van der Waals surface area contributed by atoms with Gasteiger partial charge in [-0.05, 0) is 61.3 Å². The molecule has 140 valence electrons. The number of carbonyl (C=O) groups excluding carboxylic acids is 2. The third-order valence-corrected chi connectivity index (χ3v) is 6.16. The number of fused-ring (bicyclic) bond motifs is 2. The van der Waals surface area contributed by atoms with Gasteiger partial charge in [0.25, 0.3) is 5.91 Å². The van der Waals surface area contributed by atoms with E-state index in [2.05, 4.69) is 5.32 Å². The molecule has 0 atom stereocenters. The molecule has 1 aliphatic carbocycles. The third kappa shape index (κ3) is 3.40. The molecule has 4 rings (SSSR count). The summed E-state index contributed by atoms with van der Waals surface area (Å²) in [4.78, 5) is 26.4. The first kappa shape index (κ1) is 18.2. The van der Waals surface area contributed by atoms with Crippen LogP contribution in [0.1, 0.15) is 56.5 Å². The van der Waals surface area contributed by atoms with E-state index >= 15 is 0 Å². The number of hydrogen-bond acceptors (Lipinski definition) is 6. The van der Waals surface area contributed by atoms with Crippen molar-refractivity contribution in [3.63, 3.8) is 0 Å². The second-order valence-electron chi connectivity index (χ2n) is 6.67. The van der Waals surface area contributed by atoms with Gasteiger partial charge in [-0.15, -0.1) is 11.3 Å². The molecule has 2 aromatic rings. The SMILES string of the molecule is CCOC(=O)c1c(NC(=O)c2ccc3c(c2)B(O)OC3)sc2c1CCCC2. The van der Waals surface area contributed by atoms with E-state index < -0.39 is 7.12 Å². The molecule has 1 aliphatic heterocycles. The summed E-state index contributed by atoms with van der Waals surface area (Å²) in [6.07, 6.45) is 3.88. The van der Waals surface area contributed by atoms with Crippen molar-refractivity contribution < 1.29 is 24.0 Å². The predicted molar refractivity (Wildman–Crippen MR) is 104 cm³/mol. The first-order valence-electron chi connectivity index (χ1n) is 9.14. The van der Waals surface area contributed by atoms with Crippen molar-refractivity contribution in [3.05, 3.63) is 45.3 Å². The minimum Gasteiger partial charge on any atom is -0.462 e. The van der Waals surface area contributed by atoms with Gasteiger partial charge in [-0.3, -0.25) is 4.79 Å². The number of carbonyl (C=O) groups is 2. The summed E-state index contributed by atoms with van der Waals surface area (Å²) in [7, 11) is -1.00. The number of ether oxygens (including phenoxy) is 1. The van der Waals surface area contributed by atoms with Crippen molar-refractivity contribution >= 4 is 40.8 Å². The predicted octanol–water partition coefficient (Wildman–Crippen LogP) is 2.27. The number of rotatable bonds is 4. The number of hydrogen-bond donors (Lipinski definition) is 2. The molecule has 6 nitrogen and oxygen atoms in total. The number of amides is 1. The molecule has 0 saturated heterocycles. The van der Waals surface area contributed by atoms with Gasteiger partial charge >= 0.3 is 13.1 Å². The second kappa shape index (κ2) is 7.46. The Bertz CT molecular complexity index is 910. The zero-order valence-electron chi connectivity index (χ0n) is 15.0. The van der Waals surface area contributed by atoms with Crippen LogP contribution in [0.2, 0.25) is 0 Å². The van der Waals surface area contributed by atoms with Gasteiger partial charge in [-0.2, -0.15) is 0 Å². The topological polar surface area (TPSA) is 84.9 Å². The Morgan fingerprint density at radius 3 is 2.96 bits per heavy atom. The largest absolute Gasteiger partial charge is 0.491 e. The van der Waals surface area contributed by atoms with Crippen LogP contribution in [-0.2, 0) is 28.8 Å². The van der Waals surface area contributed by atoms with Gasteiger partial charge < -0.3 is 19.7 Å². The Hall–Kier alpha value is -2.16. The average Bonchev–Trinajstić information content (AvgIpc) is 3.22.